The van der Waals surface area contributed by atoms with Crippen LogP contribution in [0.4, 0.5) is 0 Å². The van der Waals surface area contributed by atoms with Crippen LogP contribution in [0.25, 0.3) is 0 Å². The lowest BCUT2D eigenvalue weighted by atomic mass is 10.2. The standard InChI is InChI=1S/C20H28N2O6/c1-14(20(25)22-8-6-4-5-7-9-22)28-18(23)13-21-19(24)15-10-16(26-2)12-17(11-15)27-3/h10-12,14H,4-9,13H2,1-3H3,(H,21,24)/t14-/m0/s1. The first kappa shape index (κ1) is 21.5. The van der Waals surface area contributed by atoms with Crippen molar-refractivity contribution >= 4 is 17.8 Å². The van der Waals surface area contributed by atoms with Gasteiger partial charge in [-0.25, -0.2) is 0 Å². The molecule has 0 spiro atoms. The summed E-state index contributed by atoms with van der Waals surface area (Å²) >= 11 is 0. The lowest BCUT2D eigenvalue weighted by Crippen LogP contribution is -2.42. The maximum atomic E-state index is 12.4. The van der Waals surface area contributed by atoms with Crippen molar-refractivity contribution in [1.82, 2.24) is 10.2 Å². The van der Waals surface area contributed by atoms with Crippen molar-refractivity contribution in [1.29, 1.82) is 0 Å². The highest BCUT2D eigenvalue weighted by atomic mass is 16.5. The summed E-state index contributed by atoms with van der Waals surface area (Å²) in [5, 5.41) is 2.49. The maximum Gasteiger partial charge on any atom is 0.326 e. The molecular formula is C20H28N2O6. The van der Waals surface area contributed by atoms with Crippen molar-refractivity contribution in [2.24, 2.45) is 0 Å². The summed E-state index contributed by atoms with van der Waals surface area (Å²) in [6.07, 6.45) is 3.27. The lowest BCUT2D eigenvalue weighted by Gasteiger charge is -2.24. The number of hydrogen-bond donors (Lipinski definition) is 1. The highest BCUT2D eigenvalue weighted by Gasteiger charge is 2.24. The average Bonchev–Trinajstić information content (AvgIpc) is 3.00. The van der Waals surface area contributed by atoms with Crippen molar-refractivity contribution in [2.75, 3.05) is 33.9 Å². The van der Waals surface area contributed by atoms with Crippen molar-refractivity contribution < 1.29 is 28.6 Å². The van der Waals surface area contributed by atoms with Gasteiger partial charge in [0.1, 0.15) is 18.0 Å². The number of ether oxygens (including phenoxy) is 3. The van der Waals surface area contributed by atoms with Crippen LogP contribution < -0.4 is 14.8 Å². The number of rotatable bonds is 7. The normalized spacial score (nSPS) is 15.2. The van der Waals surface area contributed by atoms with Gasteiger partial charge in [-0.1, -0.05) is 12.8 Å². The molecular weight excluding hydrogens is 364 g/mol. The second-order valence-corrected chi connectivity index (χ2v) is 6.66. The molecule has 2 rings (SSSR count). The Morgan fingerprint density at radius 1 is 1.00 bits per heavy atom. The van der Waals surface area contributed by atoms with Crippen LogP contribution >= 0.6 is 0 Å². The molecule has 0 saturated carbocycles. The molecule has 8 nitrogen and oxygen atoms in total. The number of carbonyl (C=O) groups is 3. The zero-order valence-electron chi connectivity index (χ0n) is 16.7. The van der Waals surface area contributed by atoms with Crippen molar-refractivity contribution in [2.45, 2.75) is 38.7 Å². The van der Waals surface area contributed by atoms with E-state index in [9.17, 15) is 14.4 Å². The molecule has 0 aromatic heterocycles. The molecule has 0 bridgehead atoms. The summed E-state index contributed by atoms with van der Waals surface area (Å²) in [5.74, 6) is -0.411. The maximum absolute atomic E-state index is 12.4. The van der Waals surface area contributed by atoms with Crippen LogP contribution in [0.5, 0.6) is 11.5 Å². The van der Waals surface area contributed by atoms with Crippen LogP contribution in [-0.4, -0.2) is 62.6 Å². The summed E-state index contributed by atoms with van der Waals surface area (Å²) in [5.41, 5.74) is 0.290. The molecule has 0 unspecified atom stereocenters. The number of esters is 1. The molecule has 0 radical (unpaired) electrons. The van der Waals surface area contributed by atoms with E-state index >= 15 is 0 Å². The minimum absolute atomic E-state index is 0.195. The summed E-state index contributed by atoms with van der Waals surface area (Å²) < 4.78 is 15.4. The Morgan fingerprint density at radius 3 is 2.11 bits per heavy atom. The lowest BCUT2D eigenvalue weighted by molar-refractivity contribution is -0.158. The van der Waals surface area contributed by atoms with Gasteiger partial charge in [0.15, 0.2) is 6.10 Å². The van der Waals surface area contributed by atoms with Crippen LogP contribution in [0.2, 0.25) is 0 Å². The van der Waals surface area contributed by atoms with Crippen LogP contribution in [-0.2, 0) is 14.3 Å². The summed E-state index contributed by atoms with van der Waals surface area (Å²) in [6.45, 7) is 2.60. The van der Waals surface area contributed by atoms with Crippen molar-refractivity contribution in [3.8, 4) is 11.5 Å². The third-order valence-corrected chi connectivity index (χ3v) is 4.58. The van der Waals surface area contributed by atoms with Gasteiger partial charge in [0.25, 0.3) is 11.8 Å². The van der Waals surface area contributed by atoms with Crippen LogP contribution in [0.1, 0.15) is 43.0 Å². The topological polar surface area (TPSA) is 94.2 Å². The van der Waals surface area contributed by atoms with Crippen molar-refractivity contribution in [3.63, 3.8) is 0 Å². The predicted octanol–water partition coefficient (Wildman–Crippen LogP) is 1.77. The molecule has 1 saturated heterocycles. The van der Waals surface area contributed by atoms with E-state index in [0.717, 1.165) is 25.7 Å². The zero-order valence-corrected chi connectivity index (χ0v) is 16.7. The highest BCUT2D eigenvalue weighted by Crippen LogP contribution is 2.22. The van der Waals surface area contributed by atoms with Gasteiger partial charge in [-0.05, 0) is 31.9 Å². The first-order valence-electron chi connectivity index (χ1n) is 9.44. The fourth-order valence-electron chi connectivity index (χ4n) is 3.03. The second kappa shape index (κ2) is 10.5. The first-order valence-corrected chi connectivity index (χ1v) is 9.44. The fraction of sp³-hybridized carbons (Fsp3) is 0.550. The van der Waals surface area contributed by atoms with Gasteiger partial charge in [-0.15, -0.1) is 0 Å². The number of nitrogens with zero attached hydrogens (tertiary/aromatic N) is 1. The molecule has 1 aliphatic heterocycles. The Kier molecular flexibility index (Phi) is 8.10. The summed E-state index contributed by atoms with van der Waals surface area (Å²) in [7, 11) is 2.97. The van der Waals surface area contributed by atoms with Gasteiger partial charge in [0, 0.05) is 24.7 Å². The third kappa shape index (κ3) is 6.14. The summed E-state index contributed by atoms with van der Waals surface area (Å²) in [4.78, 5) is 38.5. The number of likely N-dealkylation sites (tertiary alicyclic amines) is 1. The van der Waals surface area contributed by atoms with Gasteiger partial charge < -0.3 is 24.4 Å². The third-order valence-electron chi connectivity index (χ3n) is 4.58. The Balaban J connectivity index is 1.85. The Labute approximate surface area is 165 Å². The predicted molar refractivity (Wildman–Crippen MR) is 102 cm³/mol. The van der Waals surface area contributed by atoms with Gasteiger partial charge in [0.05, 0.1) is 14.2 Å². The highest BCUT2D eigenvalue weighted by molar-refractivity contribution is 5.97. The van der Waals surface area contributed by atoms with Gasteiger partial charge in [-0.3, -0.25) is 14.4 Å². The SMILES string of the molecule is COc1cc(OC)cc(C(=O)NCC(=O)O[C@@H](C)C(=O)N2CCCCCC2)c1. The Hall–Kier alpha value is -2.77. The van der Waals surface area contributed by atoms with Crippen LogP contribution in [0.3, 0.4) is 0 Å². The summed E-state index contributed by atoms with van der Waals surface area (Å²) in [6, 6.07) is 4.71. The monoisotopic (exact) mass is 392 g/mol. The van der Waals surface area contributed by atoms with E-state index in [-0.39, 0.29) is 18.0 Å². The van der Waals surface area contributed by atoms with E-state index in [1.807, 2.05) is 0 Å². The molecule has 1 N–H and O–H groups in total. The van der Waals surface area contributed by atoms with E-state index in [1.54, 1.807) is 17.9 Å². The molecule has 1 aromatic carbocycles. The minimum atomic E-state index is -0.876. The molecule has 28 heavy (non-hydrogen) atoms. The molecule has 1 heterocycles. The number of hydrogen-bond acceptors (Lipinski definition) is 6. The minimum Gasteiger partial charge on any atom is -0.497 e. The van der Waals surface area contributed by atoms with E-state index in [4.69, 9.17) is 14.2 Å². The van der Waals surface area contributed by atoms with Crippen LogP contribution in [0, 0.1) is 0 Å². The molecule has 2 amide bonds. The van der Waals surface area contributed by atoms with Crippen LogP contribution in [0.15, 0.2) is 18.2 Å². The average molecular weight is 392 g/mol. The number of methoxy groups -OCH3 is 2. The second-order valence-electron chi connectivity index (χ2n) is 6.66. The van der Waals surface area contributed by atoms with E-state index in [1.165, 1.54) is 26.4 Å². The molecule has 8 heteroatoms. The number of carbonyl (C=O) groups excluding carboxylic acids is 3. The first-order chi connectivity index (χ1) is 13.4. The number of benzene rings is 1. The largest absolute Gasteiger partial charge is 0.497 e. The quantitative estimate of drug-likeness (QED) is 0.711. The molecule has 0 aliphatic carbocycles. The molecule has 1 aliphatic rings. The smallest absolute Gasteiger partial charge is 0.326 e. The Morgan fingerprint density at radius 2 is 1.57 bits per heavy atom. The van der Waals surface area contributed by atoms with E-state index in [0.29, 0.717) is 24.6 Å². The van der Waals surface area contributed by atoms with Gasteiger partial charge in [0.2, 0.25) is 0 Å². The number of nitrogens with one attached hydrogen (secondary N) is 1. The molecule has 1 fully saturated rings. The zero-order chi connectivity index (χ0) is 20.5. The van der Waals surface area contributed by atoms with Crippen molar-refractivity contribution in [3.05, 3.63) is 23.8 Å². The molecule has 1 aromatic rings. The fourth-order valence-corrected chi connectivity index (χ4v) is 3.03. The molecule has 1 atom stereocenters. The van der Waals surface area contributed by atoms with Gasteiger partial charge >= 0.3 is 5.97 Å². The Bertz CT molecular complexity index is 676. The molecule has 154 valence electrons. The van der Waals surface area contributed by atoms with E-state index in [2.05, 4.69) is 5.32 Å². The van der Waals surface area contributed by atoms with Gasteiger partial charge in [-0.2, -0.15) is 0 Å². The van der Waals surface area contributed by atoms with E-state index < -0.39 is 18.0 Å². The number of amides is 2.